The summed E-state index contributed by atoms with van der Waals surface area (Å²) in [6.45, 7) is 8.50. The highest BCUT2D eigenvalue weighted by Crippen LogP contribution is 2.69. The smallest absolute Gasteiger partial charge is 0.0124 e. The zero-order valence-corrected chi connectivity index (χ0v) is 13.0. The Morgan fingerprint density at radius 3 is 1.84 bits per heavy atom. The van der Waals surface area contributed by atoms with Crippen LogP contribution >= 0.6 is 0 Å². The monoisotopic (exact) mass is 261 g/mol. The maximum Gasteiger partial charge on any atom is 0.0124 e. The first-order valence-electron chi connectivity index (χ1n) is 8.77. The van der Waals surface area contributed by atoms with Gasteiger partial charge in [-0.3, -0.25) is 0 Å². The van der Waals surface area contributed by atoms with E-state index in [9.17, 15) is 0 Å². The predicted octanol–water partition coefficient (Wildman–Crippen LogP) is 4.23. The van der Waals surface area contributed by atoms with Gasteiger partial charge in [-0.1, -0.05) is 20.8 Å². The first-order chi connectivity index (χ1) is 9.03. The van der Waals surface area contributed by atoms with Gasteiger partial charge in [0.25, 0.3) is 0 Å². The third-order valence-corrected chi connectivity index (χ3v) is 7.54. The normalized spacial score (nSPS) is 54.2. The lowest BCUT2D eigenvalue weighted by Gasteiger charge is -2.67. The predicted molar refractivity (Wildman–Crippen MR) is 80.0 cm³/mol. The van der Waals surface area contributed by atoms with E-state index in [0.717, 1.165) is 41.7 Å². The van der Waals surface area contributed by atoms with Crippen molar-refractivity contribution in [3.63, 3.8) is 0 Å². The molecule has 5 aliphatic rings. The Hall–Kier alpha value is -0.0400. The third-order valence-electron chi connectivity index (χ3n) is 7.54. The van der Waals surface area contributed by atoms with Crippen LogP contribution in [0.5, 0.6) is 0 Å². The molecule has 0 radical (unpaired) electrons. The summed E-state index contributed by atoms with van der Waals surface area (Å²) in [5.41, 5.74) is 1.31. The maximum atomic E-state index is 3.73. The van der Waals surface area contributed by atoms with Crippen molar-refractivity contribution >= 4 is 0 Å². The second-order valence-electron chi connectivity index (χ2n) is 9.00. The fourth-order valence-corrected chi connectivity index (χ4v) is 7.16. The van der Waals surface area contributed by atoms with E-state index in [0.29, 0.717) is 5.41 Å². The molecule has 1 nitrogen and oxygen atoms in total. The number of rotatable bonds is 3. The maximum absolute atomic E-state index is 3.73. The lowest BCUT2D eigenvalue weighted by molar-refractivity contribution is -0.165. The van der Waals surface area contributed by atoms with Crippen molar-refractivity contribution in [2.75, 3.05) is 6.54 Å². The highest BCUT2D eigenvalue weighted by atomic mass is 15.0. The summed E-state index contributed by atoms with van der Waals surface area (Å²) in [6.07, 6.45) is 11.0. The molecule has 5 aliphatic carbocycles. The summed E-state index contributed by atoms with van der Waals surface area (Å²) in [4.78, 5) is 0. The second kappa shape index (κ2) is 4.00. The minimum absolute atomic E-state index is 0.543. The van der Waals surface area contributed by atoms with Crippen molar-refractivity contribution in [1.29, 1.82) is 0 Å². The van der Waals surface area contributed by atoms with E-state index in [2.05, 4.69) is 26.1 Å². The molecular formula is C18H31N. The van der Waals surface area contributed by atoms with Gasteiger partial charge in [-0.15, -0.1) is 0 Å². The van der Waals surface area contributed by atoms with Gasteiger partial charge in [-0.05, 0) is 86.0 Å². The van der Waals surface area contributed by atoms with E-state index in [1.54, 1.807) is 38.5 Å². The lowest BCUT2D eigenvalue weighted by atomic mass is 9.39. The summed E-state index contributed by atoms with van der Waals surface area (Å²) < 4.78 is 0. The molecule has 0 aromatic heterocycles. The molecule has 1 N–H and O–H groups in total. The molecule has 0 aromatic carbocycles. The molecule has 5 fully saturated rings. The molecule has 2 atom stereocenters. The number of nitrogens with one attached hydrogen (secondary N) is 1. The molecule has 108 valence electrons. The Morgan fingerprint density at radius 1 is 0.895 bits per heavy atom. The highest BCUT2D eigenvalue weighted by Gasteiger charge is 2.62. The first-order valence-corrected chi connectivity index (χ1v) is 8.77. The van der Waals surface area contributed by atoms with Crippen LogP contribution in [-0.4, -0.2) is 12.6 Å². The Labute approximate surface area is 118 Å². The van der Waals surface area contributed by atoms with Crippen LogP contribution in [0.4, 0.5) is 0 Å². The van der Waals surface area contributed by atoms with Crippen LogP contribution in [0, 0.1) is 34.5 Å². The average Bonchev–Trinajstić information content (AvgIpc) is 2.32. The molecule has 0 saturated heterocycles. The molecule has 19 heavy (non-hydrogen) atoms. The zero-order valence-electron chi connectivity index (χ0n) is 13.0. The largest absolute Gasteiger partial charge is 0.314 e. The van der Waals surface area contributed by atoms with Gasteiger partial charge < -0.3 is 5.32 Å². The first kappa shape index (κ1) is 12.7. The van der Waals surface area contributed by atoms with Gasteiger partial charge in [-0.2, -0.15) is 0 Å². The van der Waals surface area contributed by atoms with E-state index >= 15 is 0 Å². The van der Waals surface area contributed by atoms with Crippen molar-refractivity contribution in [1.82, 2.24) is 5.32 Å². The lowest BCUT2D eigenvalue weighted by Crippen LogP contribution is -2.64. The molecule has 2 unspecified atom stereocenters. The SMILES string of the molecule is CCNC1CC(C23CC4CC(CC(C4)C2)C3)C1(C)C. The highest BCUT2D eigenvalue weighted by molar-refractivity contribution is 5.13. The fourth-order valence-electron chi connectivity index (χ4n) is 7.16. The Kier molecular flexibility index (Phi) is 2.67. The minimum atomic E-state index is 0.543. The van der Waals surface area contributed by atoms with Crippen LogP contribution in [0.15, 0.2) is 0 Å². The molecule has 5 rings (SSSR count). The van der Waals surface area contributed by atoms with Crippen molar-refractivity contribution in [2.45, 2.75) is 71.8 Å². The summed E-state index contributed by atoms with van der Waals surface area (Å²) >= 11 is 0. The standard InChI is InChI=1S/C18H31N/c1-4-19-16-8-15(17(16,2)3)18-9-12-5-13(10-18)7-14(6-12)11-18/h12-16,19H,4-11H2,1-3H3. The Balaban J connectivity index is 1.57. The van der Waals surface area contributed by atoms with Gasteiger partial charge in [0.05, 0.1) is 0 Å². The van der Waals surface area contributed by atoms with E-state index in [1.165, 1.54) is 6.42 Å². The quantitative estimate of drug-likeness (QED) is 0.802. The van der Waals surface area contributed by atoms with E-state index < -0.39 is 0 Å². The van der Waals surface area contributed by atoms with Gasteiger partial charge in [-0.25, -0.2) is 0 Å². The Bertz CT molecular complexity index is 335. The average molecular weight is 261 g/mol. The second-order valence-corrected chi connectivity index (χ2v) is 9.00. The third kappa shape index (κ3) is 1.69. The van der Waals surface area contributed by atoms with Crippen molar-refractivity contribution in [3.05, 3.63) is 0 Å². The minimum Gasteiger partial charge on any atom is -0.314 e. The fraction of sp³-hybridized carbons (Fsp3) is 1.00. The summed E-state index contributed by atoms with van der Waals surface area (Å²) in [6, 6.07) is 0.788. The van der Waals surface area contributed by atoms with Crippen molar-refractivity contribution in [2.24, 2.45) is 34.5 Å². The van der Waals surface area contributed by atoms with E-state index in [-0.39, 0.29) is 0 Å². The number of hydrogen-bond acceptors (Lipinski definition) is 1. The molecule has 0 aliphatic heterocycles. The topological polar surface area (TPSA) is 12.0 Å². The molecule has 0 amide bonds. The zero-order chi connectivity index (χ0) is 13.3. The van der Waals surface area contributed by atoms with E-state index in [1.807, 2.05) is 0 Å². The summed E-state index contributed by atoms with van der Waals surface area (Å²) in [5.74, 6) is 4.35. The molecule has 5 saturated carbocycles. The molecule has 1 heteroatoms. The molecule has 0 heterocycles. The Morgan fingerprint density at radius 2 is 1.42 bits per heavy atom. The van der Waals surface area contributed by atoms with Gasteiger partial charge in [0.1, 0.15) is 0 Å². The van der Waals surface area contributed by atoms with Crippen LogP contribution in [-0.2, 0) is 0 Å². The molecule has 0 aromatic rings. The van der Waals surface area contributed by atoms with Crippen LogP contribution < -0.4 is 5.32 Å². The van der Waals surface area contributed by atoms with Crippen LogP contribution in [0.25, 0.3) is 0 Å². The van der Waals surface area contributed by atoms with Crippen LogP contribution in [0.3, 0.4) is 0 Å². The van der Waals surface area contributed by atoms with Crippen molar-refractivity contribution < 1.29 is 0 Å². The van der Waals surface area contributed by atoms with Crippen LogP contribution in [0.1, 0.15) is 65.7 Å². The molecular weight excluding hydrogens is 230 g/mol. The number of hydrogen-bond donors (Lipinski definition) is 1. The van der Waals surface area contributed by atoms with Crippen LogP contribution in [0.2, 0.25) is 0 Å². The summed E-state index contributed by atoms with van der Waals surface area (Å²) in [7, 11) is 0. The van der Waals surface area contributed by atoms with Gasteiger partial charge in [0, 0.05) is 6.04 Å². The van der Waals surface area contributed by atoms with E-state index in [4.69, 9.17) is 0 Å². The summed E-state index contributed by atoms with van der Waals surface area (Å²) in [5, 5.41) is 3.73. The molecule has 0 spiro atoms. The van der Waals surface area contributed by atoms with Crippen molar-refractivity contribution in [3.8, 4) is 0 Å². The van der Waals surface area contributed by atoms with Gasteiger partial charge >= 0.3 is 0 Å². The van der Waals surface area contributed by atoms with Gasteiger partial charge in [0.2, 0.25) is 0 Å². The molecule has 4 bridgehead atoms. The van der Waals surface area contributed by atoms with Gasteiger partial charge in [0.15, 0.2) is 0 Å².